The van der Waals surface area contributed by atoms with E-state index in [1.54, 1.807) is 43.2 Å². The minimum absolute atomic E-state index is 0.0399. The number of fused-ring (bicyclic) bond motifs is 1. The van der Waals surface area contributed by atoms with E-state index < -0.39 is 19.1 Å². The molecule has 0 aliphatic carbocycles. The number of benzene rings is 3. The molecule has 1 atom stereocenters. The van der Waals surface area contributed by atoms with Crippen LogP contribution in [0.4, 0.5) is 28.8 Å². The molecule has 0 saturated carbocycles. The number of nitrogens with zero attached hydrogens (tertiary/aromatic N) is 4. The molecule has 7 rings (SSSR count). The fourth-order valence-corrected chi connectivity index (χ4v) is 10.5. The van der Waals surface area contributed by atoms with Gasteiger partial charge in [0.1, 0.15) is 30.6 Å². The van der Waals surface area contributed by atoms with Crippen molar-refractivity contribution in [1.29, 1.82) is 0 Å². The standard InChI is InChI=1S/C49H62ClN8O11PS/c1-64-41-29-34(11-12-38(41)54-49-51-30-37(50)46(56-49)53-39-8-4-5-9-42(39)70(2,3)63)57-17-15-33(16-18-57)52-45(60)32-69-26-25-67-22-21-65-19-20-66-23-24-68-27-28-71-43-10-6-7-35-36(43)31-58(48(35)62)40-13-14-44(59)55-47(40)61/h4-12,29-30,33,40H,13-28,31-32H2,1-3H3,(H,52,60)(H,55,59,61)(H2,51,53,54,56). The Morgan fingerprint density at radius 2 is 1.54 bits per heavy atom. The molecule has 4 amide bonds. The van der Waals surface area contributed by atoms with Crippen molar-refractivity contribution in [3.8, 4) is 5.75 Å². The molecular formula is C49H62ClN8O11PS. The van der Waals surface area contributed by atoms with Crippen LogP contribution in [0, 0.1) is 0 Å². The van der Waals surface area contributed by atoms with Gasteiger partial charge in [-0.1, -0.05) is 29.8 Å². The van der Waals surface area contributed by atoms with Gasteiger partial charge >= 0.3 is 0 Å². The first kappa shape index (κ1) is 53.5. The summed E-state index contributed by atoms with van der Waals surface area (Å²) in [4.78, 5) is 63.4. The Kier molecular flexibility index (Phi) is 19.9. The number of aromatic nitrogens is 2. The number of amides is 4. The molecule has 2 saturated heterocycles. The molecule has 3 aliphatic rings. The monoisotopic (exact) mass is 1040 g/mol. The molecular weight excluding hydrogens is 975 g/mol. The second kappa shape index (κ2) is 26.4. The van der Waals surface area contributed by atoms with Gasteiger partial charge in [-0.3, -0.25) is 24.5 Å². The smallest absolute Gasteiger partial charge is 0.255 e. The van der Waals surface area contributed by atoms with E-state index in [-0.39, 0.29) is 43.4 Å². The molecule has 4 aromatic rings. The number of para-hydroxylation sites is 1. The normalized spacial score (nSPS) is 16.2. The first-order valence-electron chi connectivity index (χ1n) is 23.6. The number of hydrogen-bond donors (Lipinski definition) is 4. The first-order chi connectivity index (χ1) is 34.4. The van der Waals surface area contributed by atoms with Gasteiger partial charge in [-0.05, 0) is 74.6 Å². The Morgan fingerprint density at radius 1 is 0.845 bits per heavy atom. The first-order valence-corrected chi connectivity index (χ1v) is 27.6. The van der Waals surface area contributed by atoms with Crippen molar-refractivity contribution in [3.63, 3.8) is 0 Å². The molecule has 3 aromatic carbocycles. The van der Waals surface area contributed by atoms with Gasteiger partial charge in [0.05, 0.1) is 84.1 Å². The number of hydrogen-bond acceptors (Lipinski definition) is 17. The zero-order chi connectivity index (χ0) is 50.2. The lowest BCUT2D eigenvalue weighted by molar-refractivity contribution is -0.137. The Hall–Kier alpha value is -5.31. The van der Waals surface area contributed by atoms with E-state index in [0.29, 0.717) is 116 Å². The maximum Gasteiger partial charge on any atom is 0.255 e. The highest BCUT2D eigenvalue weighted by atomic mass is 35.5. The minimum Gasteiger partial charge on any atom is -0.494 e. The summed E-state index contributed by atoms with van der Waals surface area (Å²) in [6.07, 6.45) is 3.61. The third-order valence-corrected chi connectivity index (χ3v) is 14.8. The molecule has 19 nitrogen and oxygen atoms in total. The summed E-state index contributed by atoms with van der Waals surface area (Å²) in [7, 11) is -0.963. The van der Waals surface area contributed by atoms with Crippen molar-refractivity contribution in [2.45, 2.75) is 49.2 Å². The summed E-state index contributed by atoms with van der Waals surface area (Å²) in [6, 6.07) is 18.2. The maximum atomic E-state index is 13.1. The zero-order valence-corrected chi connectivity index (χ0v) is 42.7. The number of anilines is 5. The molecule has 0 bridgehead atoms. The van der Waals surface area contributed by atoms with Gasteiger partial charge in [-0.15, -0.1) is 11.8 Å². The van der Waals surface area contributed by atoms with Crippen LogP contribution in [0.5, 0.6) is 5.75 Å². The van der Waals surface area contributed by atoms with Gasteiger partial charge < -0.3 is 58.7 Å². The van der Waals surface area contributed by atoms with Crippen LogP contribution in [0.2, 0.25) is 5.02 Å². The predicted octanol–water partition coefficient (Wildman–Crippen LogP) is 5.60. The fourth-order valence-electron chi connectivity index (χ4n) is 8.29. The number of rotatable bonds is 27. The lowest BCUT2D eigenvalue weighted by Crippen LogP contribution is -2.52. The van der Waals surface area contributed by atoms with Crippen LogP contribution in [0.15, 0.2) is 71.8 Å². The topological polar surface area (TPSA) is 221 Å². The molecule has 4 heterocycles. The van der Waals surface area contributed by atoms with Gasteiger partial charge in [-0.25, -0.2) is 4.98 Å². The van der Waals surface area contributed by atoms with Crippen LogP contribution in [-0.4, -0.2) is 156 Å². The van der Waals surface area contributed by atoms with Gasteiger partial charge in [0.15, 0.2) is 5.82 Å². The van der Waals surface area contributed by atoms with Crippen LogP contribution in [0.25, 0.3) is 0 Å². The number of halogens is 1. The van der Waals surface area contributed by atoms with E-state index in [2.05, 4.69) is 36.1 Å². The number of carbonyl (C=O) groups is 4. The van der Waals surface area contributed by atoms with E-state index in [0.717, 1.165) is 42.1 Å². The summed E-state index contributed by atoms with van der Waals surface area (Å²) in [5.41, 5.74) is 3.82. The molecule has 382 valence electrons. The number of nitrogens with one attached hydrogen (secondary N) is 4. The van der Waals surface area contributed by atoms with Crippen molar-refractivity contribution < 1.29 is 52.2 Å². The van der Waals surface area contributed by atoms with Crippen molar-refractivity contribution in [2.24, 2.45) is 0 Å². The van der Waals surface area contributed by atoms with Gasteiger partial charge in [0, 0.05) is 65.4 Å². The van der Waals surface area contributed by atoms with E-state index in [1.807, 2.05) is 54.6 Å². The molecule has 3 aliphatic heterocycles. The molecule has 2 fully saturated rings. The molecule has 0 spiro atoms. The average molecular weight is 1040 g/mol. The summed E-state index contributed by atoms with van der Waals surface area (Å²) in [5.74, 6) is 0.905. The summed E-state index contributed by atoms with van der Waals surface area (Å²) >= 11 is 8.06. The van der Waals surface area contributed by atoms with Crippen molar-refractivity contribution in [2.75, 3.05) is 121 Å². The van der Waals surface area contributed by atoms with Crippen LogP contribution in [-0.2, 0) is 49.2 Å². The number of methoxy groups -OCH3 is 1. The number of piperidine rings is 2. The second-order valence-corrected chi connectivity index (χ2v) is 22.0. The Bertz CT molecular complexity index is 2530. The highest BCUT2D eigenvalue weighted by molar-refractivity contribution is 7.99. The van der Waals surface area contributed by atoms with Gasteiger partial charge in [0.2, 0.25) is 23.7 Å². The Labute approximate surface area is 423 Å². The summed E-state index contributed by atoms with van der Waals surface area (Å²) in [6.45, 7) is 8.88. The van der Waals surface area contributed by atoms with Crippen molar-refractivity contribution in [1.82, 2.24) is 25.5 Å². The predicted molar refractivity (Wildman–Crippen MR) is 273 cm³/mol. The third kappa shape index (κ3) is 15.4. The number of imide groups is 1. The third-order valence-electron chi connectivity index (χ3n) is 11.9. The van der Waals surface area contributed by atoms with E-state index in [1.165, 1.54) is 6.20 Å². The van der Waals surface area contributed by atoms with E-state index in [4.69, 9.17) is 40.0 Å². The Morgan fingerprint density at radius 3 is 2.23 bits per heavy atom. The molecule has 71 heavy (non-hydrogen) atoms. The second-order valence-electron chi connectivity index (χ2n) is 17.3. The van der Waals surface area contributed by atoms with Crippen molar-refractivity contribution in [3.05, 3.63) is 83.0 Å². The maximum absolute atomic E-state index is 13.1. The highest BCUT2D eigenvalue weighted by Crippen LogP contribution is 2.39. The lowest BCUT2D eigenvalue weighted by Gasteiger charge is -2.34. The number of ether oxygens (including phenoxy) is 6. The number of thioether (sulfide) groups is 1. The lowest BCUT2D eigenvalue weighted by atomic mass is 10.0. The van der Waals surface area contributed by atoms with Crippen LogP contribution in [0.1, 0.15) is 41.6 Å². The highest BCUT2D eigenvalue weighted by Gasteiger charge is 2.40. The molecule has 0 radical (unpaired) electrons. The fraction of sp³-hybridized carbons (Fsp3) is 0.469. The van der Waals surface area contributed by atoms with E-state index >= 15 is 0 Å². The van der Waals surface area contributed by atoms with E-state index in [9.17, 15) is 23.7 Å². The van der Waals surface area contributed by atoms with Gasteiger partial charge in [0.25, 0.3) is 5.91 Å². The molecule has 1 unspecified atom stereocenters. The minimum atomic E-state index is -2.57. The molecule has 1 aromatic heterocycles. The Balaban J connectivity index is 0.683. The molecule has 22 heteroatoms. The SMILES string of the molecule is COc1cc(N2CCC(NC(=O)COCCOCCOCCOCCOCCSc3cccc4c3CN(C3CCC(=O)NC3=O)C4=O)CC2)ccc1Nc1ncc(Cl)c(Nc2ccccc2P(C)(C)=O)n1. The average Bonchev–Trinajstić information content (AvgIpc) is 3.69. The quantitative estimate of drug-likeness (QED) is 0.0247. The number of carbonyl (C=O) groups excluding carboxylic acids is 4. The van der Waals surface area contributed by atoms with Gasteiger partial charge in [-0.2, -0.15) is 4.98 Å². The summed E-state index contributed by atoms with van der Waals surface area (Å²) in [5, 5.41) is 12.9. The van der Waals surface area contributed by atoms with Crippen LogP contribution >= 0.6 is 30.5 Å². The van der Waals surface area contributed by atoms with Crippen molar-refractivity contribution >= 4 is 88.3 Å². The van der Waals surface area contributed by atoms with Crippen LogP contribution in [0.3, 0.4) is 0 Å². The zero-order valence-electron chi connectivity index (χ0n) is 40.2. The summed E-state index contributed by atoms with van der Waals surface area (Å²) < 4.78 is 46.6. The van der Waals surface area contributed by atoms with Crippen LogP contribution < -0.4 is 36.2 Å². The molecule has 4 N–H and O–H groups in total. The largest absolute Gasteiger partial charge is 0.494 e.